The number of hydrogen-bond donors (Lipinski definition) is 2. The van der Waals surface area contributed by atoms with Crippen molar-refractivity contribution in [2.75, 3.05) is 11.3 Å². The standard InChI is InChI=1S/C12H16N4O4S2/c1-3-8-11(21-12(17)14-8)22(18,19)15-9-4-13-16-5-7(2)6-20-10(9)16/h4,7,15H,3,5-6H2,1-2H3,(H,14,17). The number of hydrogen-bond acceptors (Lipinski definition) is 6. The topological polar surface area (TPSA) is 106 Å². The highest BCUT2D eigenvalue weighted by molar-refractivity contribution is 7.94. The molecule has 0 aromatic carbocycles. The first-order valence-electron chi connectivity index (χ1n) is 6.84. The lowest BCUT2D eigenvalue weighted by atomic mass is 10.2. The van der Waals surface area contributed by atoms with Gasteiger partial charge in [-0.1, -0.05) is 25.2 Å². The second kappa shape index (κ2) is 5.43. The average molecular weight is 344 g/mol. The fourth-order valence-electron chi connectivity index (χ4n) is 2.28. The summed E-state index contributed by atoms with van der Waals surface area (Å²) in [4.78, 5) is 13.6. The lowest BCUT2D eigenvalue weighted by Crippen LogP contribution is -2.24. The number of H-pyrrole nitrogens is 1. The molecule has 2 N–H and O–H groups in total. The molecule has 0 radical (unpaired) electrons. The Morgan fingerprint density at radius 1 is 1.59 bits per heavy atom. The maximum Gasteiger partial charge on any atom is 0.306 e. The summed E-state index contributed by atoms with van der Waals surface area (Å²) in [5, 5.41) is 4.13. The molecule has 8 nitrogen and oxygen atoms in total. The molecule has 0 saturated heterocycles. The van der Waals surface area contributed by atoms with Crippen molar-refractivity contribution in [2.24, 2.45) is 5.92 Å². The summed E-state index contributed by atoms with van der Waals surface area (Å²) in [6.45, 7) is 5.00. The van der Waals surface area contributed by atoms with E-state index in [9.17, 15) is 13.2 Å². The summed E-state index contributed by atoms with van der Waals surface area (Å²) in [5.41, 5.74) is 0.688. The van der Waals surface area contributed by atoms with Crippen molar-refractivity contribution in [3.8, 4) is 5.88 Å². The number of nitrogens with zero attached hydrogens (tertiary/aromatic N) is 2. The smallest absolute Gasteiger partial charge is 0.306 e. The minimum atomic E-state index is -3.85. The Kier molecular flexibility index (Phi) is 3.73. The summed E-state index contributed by atoms with van der Waals surface area (Å²) in [5.74, 6) is 0.723. The first-order valence-corrected chi connectivity index (χ1v) is 9.14. The molecule has 0 bridgehead atoms. The molecule has 2 aromatic heterocycles. The van der Waals surface area contributed by atoms with Gasteiger partial charge in [0.25, 0.3) is 10.0 Å². The number of ether oxygens (including phenoxy) is 1. The van der Waals surface area contributed by atoms with Gasteiger partial charge in [-0.15, -0.1) is 0 Å². The van der Waals surface area contributed by atoms with E-state index in [1.165, 1.54) is 6.20 Å². The Morgan fingerprint density at radius 3 is 3.09 bits per heavy atom. The van der Waals surface area contributed by atoms with Crippen LogP contribution in [0.5, 0.6) is 5.88 Å². The third-order valence-corrected chi connectivity index (χ3v) is 6.16. The first kappa shape index (κ1) is 15.1. The maximum absolute atomic E-state index is 12.5. The number of thiazole rings is 1. The predicted octanol–water partition coefficient (Wildman–Crippen LogP) is 1.02. The van der Waals surface area contributed by atoms with Crippen molar-refractivity contribution >= 4 is 27.0 Å². The molecule has 1 aliphatic heterocycles. The maximum atomic E-state index is 12.5. The van der Waals surface area contributed by atoms with Crippen molar-refractivity contribution in [1.82, 2.24) is 14.8 Å². The fraction of sp³-hybridized carbons (Fsp3) is 0.500. The number of aromatic amines is 1. The highest BCUT2D eigenvalue weighted by atomic mass is 32.2. The molecule has 1 unspecified atom stereocenters. The van der Waals surface area contributed by atoms with Crippen LogP contribution in [-0.2, 0) is 23.0 Å². The molecule has 3 rings (SSSR count). The third kappa shape index (κ3) is 2.63. The summed E-state index contributed by atoms with van der Waals surface area (Å²) in [6.07, 6.45) is 1.85. The molecule has 1 aliphatic rings. The molecule has 22 heavy (non-hydrogen) atoms. The van der Waals surface area contributed by atoms with Crippen molar-refractivity contribution in [3.05, 3.63) is 21.6 Å². The van der Waals surface area contributed by atoms with E-state index in [-0.39, 0.29) is 14.8 Å². The van der Waals surface area contributed by atoms with Crippen molar-refractivity contribution in [1.29, 1.82) is 0 Å². The lowest BCUT2D eigenvalue weighted by molar-refractivity contribution is 0.176. The summed E-state index contributed by atoms with van der Waals surface area (Å²) >= 11 is 0.676. The molecule has 0 aliphatic carbocycles. The molecular formula is C12H16N4O4S2. The number of anilines is 1. The molecule has 0 saturated carbocycles. The second-order valence-electron chi connectivity index (χ2n) is 5.20. The van der Waals surface area contributed by atoms with E-state index in [2.05, 4.69) is 14.8 Å². The fourth-order valence-corrected chi connectivity index (χ4v) is 4.78. The van der Waals surface area contributed by atoms with Gasteiger partial charge in [0.15, 0.2) is 4.21 Å². The molecule has 0 spiro atoms. The Morgan fingerprint density at radius 2 is 2.36 bits per heavy atom. The zero-order valence-corrected chi connectivity index (χ0v) is 13.8. The van der Waals surface area contributed by atoms with Crippen molar-refractivity contribution in [3.63, 3.8) is 0 Å². The highest BCUT2D eigenvalue weighted by Crippen LogP contribution is 2.31. The molecule has 0 amide bonds. The number of rotatable bonds is 4. The normalized spacial score (nSPS) is 17.8. The van der Waals surface area contributed by atoms with Gasteiger partial charge in [-0.05, 0) is 6.42 Å². The van der Waals surface area contributed by atoms with E-state index in [1.807, 2.05) is 6.92 Å². The minimum Gasteiger partial charge on any atom is -0.476 e. The molecule has 10 heteroatoms. The minimum absolute atomic E-state index is 0.00382. The van der Waals surface area contributed by atoms with E-state index in [0.29, 0.717) is 48.4 Å². The highest BCUT2D eigenvalue weighted by Gasteiger charge is 2.27. The lowest BCUT2D eigenvalue weighted by Gasteiger charge is -2.21. The number of aryl methyl sites for hydroxylation is 1. The third-order valence-electron chi connectivity index (χ3n) is 3.31. The van der Waals surface area contributed by atoms with Gasteiger partial charge in [0.2, 0.25) is 5.88 Å². The van der Waals surface area contributed by atoms with E-state index < -0.39 is 10.0 Å². The first-order chi connectivity index (χ1) is 10.4. The Bertz CT molecular complexity index is 849. The zero-order chi connectivity index (χ0) is 15.9. The zero-order valence-electron chi connectivity index (χ0n) is 12.1. The van der Waals surface area contributed by atoms with Crippen LogP contribution in [0.15, 0.2) is 15.2 Å². The van der Waals surface area contributed by atoms with E-state index in [1.54, 1.807) is 11.6 Å². The second-order valence-corrected chi connectivity index (χ2v) is 8.06. The SMILES string of the molecule is CCc1[nH]c(=O)sc1S(=O)(=O)Nc1cnn2c1OCC(C)C2. The Hall–Kier alpha value is -1.81. The summed E-state index contributed by atoms with van der Waals surface area (Å²) < 4.78 is 34.6. The van der Waals surface area contributed by atoms with Crippen LogP contribution in [0, 0.1) is 5.92 Å². The monoisotopic (exact) mass is 344 g/mol. The summed E-state index contributed by atoms with van der Waals surface area (Å²) in [6, 6.07) is 0. The van der Waals surface area contributed by atoms with Crippen LogP contribution in [0.25, 0.3) is 0 Å². The van der Waals surface area contributed by atoms with Crippen LogP contribution in [-0.4, -0.2) is 29.8 Å². The van der Waals surface area contributed by atoms with Crippen LogP contribution in [0.4, 0.5) is 5.69 Å². The van der Waals surface area contributed by atoms with Gasteiger partial charge < -0.3 is 9.72 Å². The Balaban J connectivity index is 1.94. The molecule has 1 atom stereocenters. The number of aromatic nitrogens is 3. The largest absolute Gasteiger partial charge is 0.476 e. The quantitative estimate of drug-likeness (QED) is 0.861. The Labute approximate surface area is 131 Å². The van der Waals surface area contributed by atoms with Crippen LogP contribution >= 0.6 is 11.3 Å². The molecule has 0 fully saturated rings. The van der Waals surface area contributed by atoms with Crippen LogP contribution < -0.4 is 14.3 Å². The van der Waals surface area contributed by atoms with Crippen LogP contribution in [0.2, 0.25) is 0 Å². The average Bonchev–Trinajstić information content (AvgIpc) is 3.02. The van der Waals surface area contributed by atoms with Crippen molar-refractivity contribution in [2.45, 2.75) is 31.0 Å². The molecule has 120 valence electrons. The van der Waals surface area contributed by atoms with Crippen LogP contribution in [0.3, 0.4) is 0 Å². The van der Waals surface area contributed by atoms with E-state index >= 15 is 0 Å². The molecule has 3 heterocycles. The number of sulfonamides is 1. The predicted molar refractivity (Wildman–Crippen MR) is 82.0 cm³/mol. The van der Waals surface area contributed by atoms with Gasteiger partial charge in [0, 0.05) is 11.6 Å². The van der Waals surface area contributed by atoms with Gasteiger partial charge in [-0.25, -0.2) is 13.1 Å². The summed E-state index contributed by atoms with van der Waals surface area (Å²) in [7, 11) is -3.85. The van der Waals surface area contributed by atoms with Crippen LogP contribution in [0.1, 0.15) is 19.5 Å². The van der Waals surface area contributed by atoms with E-state index in [0.717, 1.165) is 0 Å². The van der Waals surface area contributed by atoms with Gasteiger partial charge in [-0.3, -0.25) is 9.52 Å². The molecule has 2 aromatic rings. The van der Waals surface area contributed by atoms with Gasteiger partial charge in [0.05, 0.1) is 19.3 Å². The van der Waals surface area contributed by atoms with Gasteiger partial charge in [-0.2, -0.15) is 5.10 Å². The van der Waals surface area contributed by atoms with Crippen molar-refractivity contribution < 1.29 is 13.2 Å². The molecular weight excluding hydrogens is 328 g/mol. The number of fused-ring (bicyclic) bond motifs is 1. The van der Waals surface area contributed by atoms with E-state index in [4.69, 9.17) is 4.74 Å². The van der Waals surface area contributed by atoms with Gasteiger partial charge in [0.1, 0.15) is 5.69 Å². The van der Waals surface area contributed by atoms with Gasteiger partial charge >= 0.3 is 4.87 Å². The number of nitrogens with one attached hydrogen (secondary N) is 2.